The predicted octanol–water partition coefficient (Wildman–Crippen LogP) is 0.664. The molecule has 114 valence electrons. The zero-order valence-electron chi connectivity index (χ0n) is 11.8. The van der Waals surface area contributed by atoms with Crippen LogP contribution in [0.3, 0.4) is 0 Å². The van der Waals surface area contributed by atoms with Crippen LogP contribution in [0.1, 0.15) is 39.0 Å². The van der Waals surface area contributed by atoms with E-state index in [9.17, 15) is 23.1 Å². The molecule has 2 rings (SSSR count). The van der Waals surface area contributed by atoms with Crippen molar-refractivity contribution in [2.75, 3.05) is 6.26 Å². The second-order valence-corrected chi connectivity index (χ2v) is 8.29. The highest BCUT2D eigenvalue weighted by atomic mass is 32.2. The molecule has 0 bridgehead atoms. The van der Waals surface area contributed by atoms with E-state index in [1.54, 1.807) is 0 Å². The molecule has 0 radical (unpaired) electrons. The number of carbonyl (C=O) groups is 2. The molecular weight excluding hydrogens is 282 g/mol. The zero-order valence-corrected chi connectivity index (χ0v) is 12.6. The van der Waals surface area contributed by atoms with E-state index in [1.807, 2.05) is 0 Å². The van der Waals surface area contributed by atoms with Gasteiger partial charge in [-0.3, -0.25) is 4.79 Å². The maximum Gasteiger partial charge on any atom is 0.326 e. The van der Waals surface area contributed by atoms with E-state index >= 15 is 0 Å². The Hall–Kier alpha value is -1.11. The molecule has 2 aliphatic rings. The molecule has 6 nitrogen and oxygen atoms in total. The summed E-state index contributed by atoms with van der Waals surface area (Å²) in [6, 6.07) is -0.985. The van der Waals surface area contributed by atoms with Crippen molar-refractivity contribution in [1.29, 1.82) is 0 Å². The van der Waals surface area contributed by atoms with Gasteiger partial charge >= 0.3 is 5.97 Å². The Kier molecular flexibility index (Phi) is 4.09. The normalized spacial score (nSPS) is 31.7. The largest absolute Gasteiger partial charge is 0.480 e. The number of fused-ring (bicyclic) bond motifs is 1. The number of nitrogens with zero attached hydrogens (tertiary/aromatic N) is 1. The third-order valence-electron chi connectivity index (χ3n) is 4.62. The monoisotopic (exact) mass is 303 g/mol. The molecule has 0 aromatic carbocycles. The van der Waals surface area contributed by atoms with Crippen LogP contribution in [0.25, 0.3) is 0 Å². The number of sulfone groups is 1. The number of carboxylic acids is 1. The fourth-order valence-electron chi connectivity index (χ4n) is 3.39. The van der Waals surface area contributed by atoms with Crippen molar-refractivity contribution in [3.8, 4) is 0 Å². The predicted molar refractivity (Wildman–Crippen MR) is 72.9 cm³/mol. The summed E-state index contributed by atoms with van der Waals surface area (Å²) >= 11 is 0. The Morgan fingerprint density at radius 2 is 1.85 bits per heavy atom. The number of aliphatic carboxylic acids is 1. The van der Waals surface area contributed by atoms with Gasteiger partial charge in [0.25, 0.3) is 0 Å². The molecule has 1 amide bonds. The second-order valence-electron chi connectivity index (χ2n) is 5.92. The summed E-state index contributed by atoms with van der Waals surface area (Å²) in [6.45, 7) is 1.34. The molecule has 1 saturated heterocycles. The lowest BCUT2D eigenvalue weighted by atomic mass is 9.84. The molecular formula is C13H21NO5S. The fraction of sp³-hybridized carbons (Fsp3) is 0.846. The minimum Gasteiger partial charge on any atom is -0.480 e. The summed E-state index contributed by atoms with van der Waals surface area (Å²) in [5, 5.41) is 8.14. The molecule has 0 unspecified atom stereocenters. The molecule has 1 aliphatic heterocycles. The van der Waals surface area contributed by atoms with Gasteiger partial charge < -0.3 is 10.0 Å². The van der Waals surface area contributed by atoms with Crippen molar-refractivity contribution in [2.45, 2.75) is 56.4 Å². The van der Waals surface area contributed by atoms with Crippen LogP contribution in [0, 0.1) is 5.92 Å². The average Bonchev–Trinajstić information content (AvgIpc) is 2.75. The van der Waals surface area contributed by atoms with E-state index in [0.29, 0.717) is 6.42 Å². The van der Waals surface area contributed by atoms with Crippen molar-refractivity contribution in [1.82, 2.24) is 4.90 Å². The van der Waals surface area contributed by atoms with Crippen LogP contribution in [0.5, 0.6) is 0 Å². The summed E-state index contributed by atoms with van der Waals surface area (Å²) in [4.78, 5) is 25.2. The quantitative estimate of drug-likeness (QED) is 0.827. The highest BCUT2D eigenvalue weighted by molar-refractivity contribution is 7.92. The van der Waals surface area contributed by atoms with E-state index in [-0.39, 0.29) is 12.0 Å². The van der Waals surface area contributed by atoms with Gasteiger partial charge in [0.2, 0.25) is 5.91 Å². The standard InChI is InChI=1S/C13H21NO5S/c1-8(20(2,18)19)12(15)14-10-6-4-3-5-9(10)7-11(14)13(16)17/h8-11H,3-7H2,1-2H3,(H,16,17)/t8-,9+,10-,11+/m1/s1. The first-order valence-corrected chi connectivity index (χ1v) is 8.92. The van der Waals surface area contributed by atoms with E-state index < -0.39 is 33.0 Å². The van der Waals surface area contributed by atoms with Crippen molar-refractivity contribution >= 4 is 21.7 Å². The van der Waals surface area contributed by atoms with Crippen LogP contribution in [0.15, 0.2) is 0 Å². The molecule has 0 spiro atoms. The molecule has 2 fully saturated rings. The fourth-order valence-corrected chi connectivity index (χ4v) is 3.88. The Labute approximate surface area is 119 Å². The Balaban J connectivity index is 2.29. The number of carboxylic acid groups (broad SMARTS) is 1. The van der Waals surface area contributed by atoms with Crippen molar-refractivity contribution in [3.63, 3.8) is 0 Å². The molecule has 1 aliphatic carbocycles. The Morgan fingerprint density at radius 3 is 2.40 bits per heavy atom. The maximum absolute atomic E-state index is 12.4. The molecule has 7 heteroatoms. The van der Waals surface area contributed by atoms with Crippen molar-refractivity contribution in [3.05, 3.63) is 0 Å². The van der Waals surface area contributed by atoms with Gasteiger partial charge in [-0.05, 0) is 32.1 Å². The maximum atomic E-state index is 12.4. The minimum atomic E-state index is -3.51. The first kappa shape index (κ1) is 15.3. The number of carbonyl (C=O) groups excluding carboxylic acids is 1. The third kappa shape index (κ3) is 2.68. The van der Waals surface area contributed by atoms with Gasteiger partial charge in [0.15, 0.2) is 9.84 Å². The SMILES string of the molecule is C[C@H](C(=O)N1[C@@H]2CCCC[C@H]2C[C@H]1C(=O)O)S(C)(=O)=O. The molecule has 1 heterocycles. The molecule has 4 atom stereocenters. The van der Waals surface area contributed by atoms with Crippen LogP contribution in [-0.2, 0) is 19.4 Å². The number of rotatable bonds is 3. The number of amides is 1. The van der Waals surface area contributed by atoms with Crippen LogP contribution < -0.4 is 0 Å². The van der Waals surface area contributed by atoms with Gasteiger partial charge in [0, 0.05) is 12.3 Å². The van der Waals surface area contributed by atoms with Crippen LogP contribution in [-0.4, -0.2) is 53.9 Å². The van der Waals surface area contributed by atoms with Gasteiger partial charge in [0.05, 0.1) is 0 Å². The lowest BCUT2D eigenvalue weighted by Crippen LogP contribution is -2.51. The molecule has 20 heavy (non-hydrogen) atoms. The van der Waals surface area contributed by atoms with Gasteiger partial charge in [0.1, 0.15) is 11.3 Å². The first-order valence-electron chi connectivity index (χ1n) is 6.97. The molecule has 1 saturated carbocycles. The smallest absolute Gasteiger partial charge is 0.326 e. The van der Waals surface area contributed by atoms with Crippen molar-refractivity contribution < 1.29 is 23.1 Å². The lowest BCUT2D eigenvalue weighted by molar-refractivity contribution is -0.149. The highest BCUT2D eigenvalue weighted by Crippen LogP contribution is 2.40. The average molecular weight is 303 g/mol. The van der Waals surface area contributed by atoms with E-state index in [1.165, 1.54) is 11.8 Å². The van der Waals surface area contributed by atoms with Gasteiger partial charge in [-0.1, -0.05) is 12.8 Å². The minimum absolute atomic E-state index is 0.110. The summed E-state index contributed by atoms with van der Waals surface area (Å²) in [6.07, 6.45) is 5.17. The van der Waals surface area contributed by atoms with Crippen LogP contribution >= 0.6 is 0 Å². The summed E-state index contributed by atoms with van der Waals surface area (Å²) in [7, 11) is -3.51. The van der Waals surface area contributed by atoms with Gasteiger partial charge in [-0.25, -0.2) is 13.2 Å². The second kappa shape index (κ2) is 5.35. The topological polar surface area (TPSA) is 91.8 Å². The zero-order chi connectivity index (χ0) is 15.1. The molecule has 0 aromatic rings. The highest BCUT2D eigenvalue weighted by Gasteiger charge is 2.49. The number of likely N-dealkylation sites (tertiary alicyclic amines) is 1. The molecule has 0 aromatic heterocycles. The summed E-state index contributed by atoms with van der Waals surface area (Å²) in [5.41, 5.74) is 0. The lowest BCUT2D eigenvalue weighted by Gasteiger charge is -2.34. The van der Waals surface area contributed by atoms with E-state index in [2.05, 4.69) is 0 Å². The Bertz CT molecular complexity index is 515. The van der Waals surface area contributed by atoms with Crippen LogP contribution in [0.2, 0.25) is 0 Å². The first-order chi connectivity index (χ1) is 9.23. The van der Waals surface area contributed by atoms with Gasteiger partial charge in [-0.15, -0.1) is 0 Å². The third-order valence-corrected chi connectivity index (χ3v) is 6.10. The Morgan fingerprint density at radius 1 is 1.25 bits per heavy atom. The molecule has 1 N–H and O–H groups in total. The summed E-state index contributed by atoms with van der Waals surface area (Å²) < 4.78 is 23.1. The number of hydrogen-bond acceptors (Lipinski definition) is 4. The van der Waals surface area contributed by atoms with E-state index in [4.69, 9.17) is 0 Å². The van der Waals surface area contributed by atoms with Gasteiger partial charge in [-0.2, -0.15) is 0 Å². The summed E-state index contributed by atoms with van der Waals surface area (Å²) in [5.74, 6) is -1.40. The van der Waals surface area contributed by atoms with E-state index in [0.717, 1.165) is 31.9 Å². The van der Waals surface area contributed by atoms with Crippen molar-refractivity contribution in [2.24, 2.45) is 5.92 Å². The van der Waals surface area contributed by atoms with Crippen LogP contribution in [0.4, 0.5) is 0 Å². The number of hydrogen-bond donors (Lipinski definition) is 1.